The number of rotatable bonds is 8. The van der Waals surface area contributed by atoms with Gasteiger partial charge in [0.15, 0.2) is 0 Å². The van der Waals surface area contributed by atoms with E-state index >= 15 is 0 Å². The Bertz CT molecular complexity index is 666. The molecule has 2 aromatic rings. The number of nitrogens with zero attached hydrogens (tertiary/aromatic N) is 1. The van der Waals surface area contributed by atoms with Crippen LogP contribution < -0.4 is 0 Å². The molecule has 1 N–H and O–H groups in total. The molecule has 0 aromatic heterocycles. The molecule has 0 amide bonds. The van der Waals surface area contributed by atoms with Gasteiger partial charge in [0, 0.05) is 26.2 Å². The average Bonchev–Trinajstić information content (AvgIpc) is 2.57. The third kappa shape index (κ3) is 4.66. The van der Waals surface area contributed by atoms with E-state index in [1.807, 2.05) is 12.1 Å². The zero-order chi connectivity index (χ0) is 16.8. The van der Waals surface area contributed by atoms with Gasteiger partial charge in [0.1, 0.15) is 0 Å². The molecule has 1 aliphatic heterocycles. The fourth-order valence-corrected chi connectivity index (χ4v) is 2.99. The second-order valence-electron chi connectivity index (χ2n) is 6.28. The highest BCUT2D eigenvalue weighted by molar-refractivity contribution is 5.87. The first-order valence-corrected chi connectivity index (χ1v) is 8.41. The summed E-state index contributed by atoms with van der Waals surface area (Å²) in [5.74, 6) is -0.875. The molecular formula is C20H23NO3. The molecular weight excluding hydrogens is 302 g/mol. The fraction of sp³-hybridized carbons (Fsp3) is 0.350. The molecule has 0 radical (unpaired) electrons. The predicted octanol–water partition coefficient (Wildman–Crippen LogP) is 3.22. The Morgan fingerprint density at radius 1 is 1.08 bits per heavy atom. The number of hydrogen-bond acceptors (Lipinski definition) is 3. The fourth-order valence-electron chi connectivity index (χ4n) is 2.99. The van der Waals surface area contributed by atoms with Crippen LogP contribution in [0.15, 0.2) is 54.6 Å². The minimum atomic E-state index is -0.875. The third-order valence-corrected chi connectivity index (χ3v) is 4.31. The van der Waals surface area contributed by atoms with Crippen molar-refractivity contribution in [1.82, 2.24) is 4.90 Å². The summed E-state index contributed by atoms with van der Waals surface area (Å²) < 4.78 is 5.89. The lowest BCUT2D eigenvalue weighted by atomic mass is 10.1. The van der Waals surface area contributed by atoms with E-state index in [1.165, 1.54) is 5.56 Å². The largest absolute Gasteiger partial charge is 0.478 e. The van der Waals surface area contributed by atoms with Gasteiger partial charge in [0.25, 0.3) is 0 Å². The highest BCUT2D eigenvalue weighted by Crippen LogP contribution is 2.17. The molecule has 1 fully saturated rings. The highest BCUT2D eigenvalue weighted by atomic mass is 16.5. The first-order chi connectivity index (χ1) is 11.7. The van der Waals surface area contributed by atoms with Crippen LogP contribution in [0.3, 0.4) is 0 Å². The molecule has 2 aromatic carbocycles. The maximum Gasteiger partial charge on any atom is 0.335 e. The Labute approximate surface area is 142 Å². The molecule has 126 valence electrons. The van der Waals surface area contributed by atoms with Crippen molar-refractivity contribution < 1.29 is 14.6 Å². The van der Waals surface area contributed by atoms with Crippen LogP contribution in [-0.4, -0.2) is 41.8 Å². The van der Waals surface area contributed by atoms with Gasteiger partial charge in [0.2, 0.25) is 0 Å². The lowest BCUT2D eigenvalue weighted by Crippen LogP contribution is -2.51. The predicted molar refractivity (Wildman–Crippen MR) is 93.2 cm³/mol. The van der Waals surface area contributed by atoms with E-state index in [-0.39, 0.29) is 0 Å². The van der Waals surface area contributed by atoms with Crippen molar-refractivity contribution in [3.63, 3.8) is 0 Å². The Kier molecular flexibility index (Phi) is 5.62. The van der Waals surface area contributed by atoms with Gasteiger partial charge < -0.3 is 9.84 Å². The van der Waals surface area contributed by atoms with Gasteiger partial charge in [-0.2, -0.15) is 0 Å². The van der Waals surface area contributed by atoms with Crippen molar-refractivity contribution in [2.24, 2.45) is 0 Å². The van der Waals surface area contributed by atoms with Crippen molar-refractivity contribution in [3.05, 3.63) is 71.3 Å². The molecule has 0 unspecified atom stereocenters. The molecule has 3 rings (SSSR count). The Morgan fingerprint density at radius 2 is 1.83 bits per heavy atom. The first kappa shape index (κ1) is 16.7. The normalized spacial score (nSPS) is 15.2. The number of ether oxygens (including phenoxy) is 1. The molecule has 0 bridgehead atoms. The van der Waals surface area contributed by atoms with Gasteiger partial charge in [-0.25, -0.2) is 4.79 Å². The van der Waals surface area contributed by atoms with Crippen molar-refractivity contribution in [3.8, 4) is 0 Å². The maximum absolute atomic E-state index is 11.0. The molecule has 1 aliphatic rings. The van der Waals surface area contributed by atoms with Crippen molar-refractivity contribution >= 4 is 5.97 Å². The minimum Gasteiger partial charge on any atom is -0.478 e. The van der Waals surface area contributed by atoms with E-state index in [0.717, 1.165) is 44.6 Å². The SMILES string of the molecule is O=C(O)c1cccc(CN2CC(OCCCc3ccccc3)C2)c1. The third-order valence-electron chi connectivity index (χ3n) is 4.31. The number of carboxylic acid groups (broad SMARTS) is 1. The van der Waals surface area contributed by atoms with E-state index < -0.39 is 5.97 Å². The Hall–Kier alpha value is -2.17. The summed E-state index contributed by atoms with van der Waals surface area (Å²) in [5.41, 5.74) is 2.74. The second kappa shape index (κ2) is 8.08. The van der Waals surface area contributed by atoms with E-state index in [4.69, 9.17) is 9.84 Å². The van der Waals surface area contributed by atoms with Gasteiger partial charge in [-0.1, -0.05) is 42.5 Å². The van der Waals surface area contributed by atoms with Crippen LogP contribution in [0.1, 0.15) is 27.9 Å². The second-order valence-corrected chi connectivity index (χ2v) is 6.28. The molecule has 24 heavy (non-hydrogen) atoms. The van der Waals surface area contributed by atoms with E-state index in [9.17, 15) is 4.79 Å². The summed E-state index contributed by atoms with van der Waals surface area (Å²) in [4.78, 5) is 13.3. The van der Waals surface area contributed by atoms with Gasteiger partial charge >= 0.3 is 5.97 Å². The summed E-state index contributed by atoms with van der Waals surface area (Å²) in [6.07, 6.45) is 2.41. The number of carboxylic acids is 1. The van der Waals surface area contributed by atoms with E-state index in [2.05, 4.69) is 29.2 Å². The lowest BCUT2D eigenvalue weighted by Gasteiger charge is -2.39. The van der Waals surface area contributed by atoms with Gasteiger partial charge in [0.05, 0.1) is 11.7 Å². The minimum absolute atomic E-state index is 0.309. The number of likely N-dealkylation sites (tertiary alicyclic amines) is 1. The molecule has 0 atom stereocenters. The van der Waals surface area contributed by atoms with Crippen molar-refractivity contribution in [2.75, 3.05) is 19.7 Å². The van der Waals surface area contributed by atoms with Crippen LogP contribution in [-0.2, 0) is 17.7 Å². The zero-order valence-corrected chi connectivity index (χ0v) is 13.7. The standard InChI is InChI=1S/C20H23NO3/c22-20(23)18-10-4-8-17(12-18)13-21-14-19(15-21)24-11-5-9-16-6-2-1-3-7-16/h1-4,6-8,10,12,19H,5,9,11,13-15H2,(H,22,23). The van der Waals surface area contributed by atoms with Crippen molar-refractivity contribution in [1.29, 1.82) is 0 Å². The van der Waals surface area contributed by atoms with Crippen LogP contribution in [0, 0.1) is 0 Å². The molecule has 1 heterocycles. The summed E-state index contributed by atoms with van der Waals surface area (Å²) in [6.45, 7) is 3.41. The number of carbonyl (C=O) groups is 1. The Morgan fingerprint density at radius 3 is 2.58 bits per heavy atom. The van der Waals surface area contributed by atoms with Crippen LogP contribution in [0.2, 0.25) is 0 Å². The Balaban J connectivity index is 1.33. The van der Waals surface area contributed by atoms with Gasteiger partial charge in [-0.05, 0) is 36.1 Å². The number of hydrogen-bond donors (Lipinski definition) is 1. The molecule has 0 aliphatic carbocycles. The summed E-state index contributed by atoms with van der Waals surface area (Å²) >= 11 is 0. The number of aryl methyl sites for hydroxylation is 1. The van der Waals surface area contributed by atoms with Crippen molar-refractivity contribution in [2.45, 2.75) is 25.5 Å². The van der Waals surface area contributed by atoms with Gasteiger partial charge in [-0.3, -0.25) is 4.90 Å². The van der Waals surface area contributed by atoms with Crippen LogP contribution in [0.4, 0.5) is 0 Å². The number of aromatic carboxylic acids is 1. The number of benzene rings is 2. The molecule has 1 saturated heterocycles. The van der Waals surface area contributed by atoms with E-state index in [1.54, 1.807) is 18.2 Å². The van der Waals surface area contributed by atoms with E-state index in [0.29, 0.717) is 11.7 Å². The first-order valence-electron chi connectivity index (χ1n) is 8.41. The average molecular weight is 325 g/mol. The van der Waals surface area contributed by atoms with Crippen LogP contribution in [0.25, 0.3) is 0 Å². The molecule has 4 heteroatoms. The topological polar surface area (TPSA) is 49.8 Å². The highest BCUT2D eigenvalue weighted by Gasteiger charge is 2.27. The molecule has 0 saturated carbocycles. The summed E-state index contributed by atoms with van der Waals surface area (Å²) in [5, 5.41) is 9.03. The quantitative estimate of drug-likeness (QED) is 0.757. The van der Waals surface area contributed by atoms with Crippen LogP contribution >= 0.6 is 0 Å². The lowest BCUT2D eigenvalue weighted by molar-refractivity contribution is -0.0583. The summed E-state index contributed by atoms with van der Waals surface area (Å²) in [7, 11) is 0. The molecule has 4 nitrogen and oxygen atoms in total. The smallest absolute Gasteiger partial charge is 0.335 e. The van der Waals surface area contributed by atoms with Crippen LogP contribution in [0.5, 0.6) is 0 Å². The zero-order valence-electron chi connectivity index (χ0n) is 13.7. The summed E-state index contributed by atoms with van der Waals surface area (Å²) in [6, 6.07) is 17.6. The molecule has 0 spiro atoms. The van der Waals surface area contributed by atoms with Gasteiger partial charge in [-0.15, -0.1) is 0 Å². The monoisotopic (exact) mass is 325 g/mol. The maximum atomic E-state index is 11.0.